The molecule has 96 valence electrons. The first kappa shape index (κ1) is 12.0. The Bertz CT molecular complexity index is 721. The first-order chi connectivity index (χ1) is 9.22. The molecule has 0 radical (unpaired) electrons. The number of para-hydroxylation sites is 1. The van der Waals surface area contributed by atoms with Crippen molar-refractivity contribution in [3.8, 4) is 5.75 Å². The van der Waals surface area contributed by atoms with E-state index in [0.717, 1.165) is 21.8 Å². The van der Waals surface area contributed by atoms with Crippen molar-refractivity contribution in [2.75, 3.05) is 5.32 Å². The Kier molecular flexibility index (Phi) is 3.09. The minimum absolute atomic E-state index is 0.324. The van der Waals surface area contributed by atoms with Crippen LogP contribution in [0.4, 0.5) is 5.69 Å². The number of phenols is 1. The van der Waals surface area contributed by atoms with E-state index in [-0.39, 0.29) is 0 Å². The van der Waals surface area contributed by atoms with Gasteiger partial charge in [0.05, 0.1) is 15.2 Å². The fourth-order valence-electron chi connectivity index (χ4n) is 2.01. The molecule has 0 fully saturated rings. The molecule has 19 heavy (non-hydrogen) atoms. The highest BCUT2D eigenvalue weighted by molar-refractivity contribution is 7.18. The van der Waals surface area contributed by atoms with Gasteiger partial charge in [-0.15, -0.1) is 11.3 Å². The average Bonchev–Trinajstić information content (AvgIpc) is 2.77. The summed E-state index contributed by atoms with van der Waals surface area (Å²) in [6, 6.07) is 13.5. The molecule has 0 unspecified atom stereocenters. The van der Waals surface area contributed by atoms with Crippen LogP contribution in [0.5, 0.6) is 5.75 Å². The molecule has 0 atom stereocenters. The third kappa shape index (κ3) is 2.53. The Hall–Kier alpha value is -2.07. The molecule has 1 heterocycles. The lowest BCUT2D eigenvalue weighted by atomic mass is 10.2. The summed E-state index contributed by atoms with van der Waals surface area (Å²) in [5.74, 6) is 0.324. The molecule has 0 spiro atoms. The molecule has 0 aliphatic carbocycles. The lowest BCUT2D eigenvalue weighted by Crippen LogP contribution is -1.99. The number of rotatable bonds is 3. The third-order valence-electron chi connectivity index (χ3n) is 2.97. The fourth-order valence-corrected chi connectivity index (χ4v) is 2.87. The van der Waals surface area contributed by atoms with Gasteiger partial charge in [-0.05, 0) is 31.2 Å². The van der Waals surface area contributed by atoms with Crippen LogP contribution in [-0.2, 0) is 6.54 Å². The fraction of sp³-hybridized carbons (Fsp3) is 0.133. The lowest BCUT2D eigenvalue weighted by Gasteiger charge is -2.07. The largest absolute Gasteiger partial charge is 0.508 e. The third-order valence-corrected chi connectivity index (χ3v) is 3.90. The van der Waals surface area contributed by atoms with Crippen LogP contribution < -0.4 is 5.32 Å². The van der Waals surface area contributed by atoms with Gasteiger partial charge in [0.15, 0.2) is 0 Å². The van der Waals surface area contributed by atoms with E-state index in [9.17, 15) is 5.11 Å². The van der Waals surface area contributed by atoms with E-state index >= 15 is 0 Å². The first-order valence-electron chi connectivity index (χ1n) is 6.10. The number of fused-ring (bicyclic) bond motifs is 1. The topological polar surface area (TPSA) is 45.2 Å². The summed E-state index contributed by atoms with van der Waals surface area (Å²) in [6.07, 6.45) is 0. The predicted molar refractivity (Wildman–Crippen MR) is 79.8 cm³/mol. The average molecular weight is 270 g/mol. The maximum absolute atomic E-state index is 9.72. The Balaban J connectivity index is 1.80. The molecular formula is C15H14N2OS. The minimum Gasteiger partial charge on any atom is -0.508 e. The van der Waals surface area contributed by atoms with Gasteiger partial charge in [-0.2, -0.15) is 0 Å². The Labute approximate surface area is 115 Å². The summed E-state index contributed by atoms with van der Waals surface area (Å²) in [5.41, 5.74) is 2.97. The number of nitrogens with zero attached hydrogens (tertiary/aromatic N) is 1. The SMILES string of the molecule is Cc1nc2ccc(NCc3ccccc3O)cc2s1. The van der Waals surface area contributed by atoms with Crippen molar-refractivity contribution in [1.82, 2.24) is 4.98 Å². The van der Waals surface area contributed by atoms with E-state index in [1.54, 1.807) is 17.4 Å². The van der Waals surface area contributed by atoms with E-state index in [4.69, 9.17) is 0 Å². The van der Waals surface area contributed by atoms with Gasteiger partial charge in [-0.25, -0.2) is 4.98 Å². The number of nitrogens with one attached hydrogen (secondary N) is 1. The zero-order valence-electron chi connectivity index (χ0n) is 10.6. The van der Waals surface area contributed by atoms with Crippen LogP contribution in [0.3, 0.4) is 0 Å². The number of hydrogen-bond acceptors (Lipinski definition) is 4. The van der Waals surface area contributed by atoms with Crippen molar-refractivity contribution < 1.29 is 5.11 Å². The van der Waals surface area contributed by atoms with Gasteiger partial charge in [0.1, 0.15) is 5.75 Å². The van der Waals surface area contributed by atoms with Crippen molar-refractivity contribution in [2.45, 2.75) is 13.5 Å². The Morgan fingerprint density at radius 3 is 2.89 bits per heavy atom. The highest BCUT2D eigenvalue weighted by Crippen LogP contribution is 2.25. The second kappa shape index (κ2) is 4.90. The summed E-state index contributed by atoms with van der Waals surface area (Å²) >= 11 is 1.69. The number of phenolic OH excluding ortho intramolecular Hbond substituents is 1. The smallest absolute Gasteiger partial charge is 0.120 e. The number of aromatic hydroxyl groups is 1. The molecule has 3 rings (SSSR count). The van der Waals surface area contributed by atoms with Crippen LogP contribution in [0.25, 0.3) is 10.2 Å². The van der Waals surface area contributed by atoms with E-state index < -0.39 is 0 Å². The summed E-state index contributed by atoms with van der Waals surface area (Å²) < 4.78 is 1.18. The molecule has 0 aliphatic heterocycles. The second-order valence-electron chi connectivity index (χ2n) is 4.40. The van der Waals surface area contributed by atoms with E-state index in [1.165, 1.54) is 4.70 Å². The molecule has 4 heteroatoms. The molecule has 0 bridgehead atoms. The molecule has 0 amide bonds. The molecule has 2 N–H and O–H groups in total. The predicted octanol–water partition coefficient (Wildman–Crippen LogP) is 3.92. The van der Waals surface area contributed by atoms with Gasteiger partial charge in [0.25, 0.3) is 0 Å². The van der Waals surface area contributed by atoms with E-state index in [0.29, 0.717) is 12.3 Å². The number of hydrogen-bond donors (Lipinski definition) is 2. The minimum atomic E-state index is 0.324. The van der Waals surface area contributed by atoms with Gasteiger partial charge >= 0.3 is 0 Å². The quantitative estimate of drug-likeness (QED) is 0.758. The van der Waals surface area contributed by atoms with Crippen molar-refractivity contribution >= 4 is 27.2 Å². The van der Waals surface area contributed by atoms with Gasteiger partial charge in [-0.3, -0.25) is 0 Å². The number of anilines is 1. The summed E-state index contributed by atoms with van der Waals surface area (Å²) in [4.78, 5) is 4.44. The second-order valence-corrected chi connectivity index (χ2v) is 5.63. The monoisotopic (exact) mass is 270 g/mol. The highest BCUT2D eigenvalue weighted by atomic mass is 32.1. The maximum atomic E-state index is 9.72. The Morgan fingerprint density at radius 1 is 1.21 bits per heavy atom. The molecule has 2 aromatic carbocycles. The van der Waals surface area contributed by atoms with Gasteiger partial charge in [0.2, 0.25) is 0 Å². The van der Waals surface area contributed by atoms with Crippen LogP contribution in [0, 0.1) is 6.92 Å². The highest BCUT2D eigenvalue weighted by Gasteiger charge is 2.03. The maximum Gasteiger partial charge on any atom is 0.120 e. The Morgan fingerprint density at radius 2 is 2.05 bits per heavy atom. The molecule has 0 saturated heterocycles. The van der Waals surface area contributed by atoms with Crippen molar-refractivity contribution in [3.63, 3.8) is 0 Å². The van der Waals surface area contributed by atoms with Gasteiger partial charge in [-0.1, -0.05) is 18.2 Å². The van der Waals surface area contributed by atoms with Crippen molar-refractivity contribution in [1.29, 1.82) is 0 Å². The van der Waals surface area contributed by atoms with E-state index in [2.05, 4.69) is 16.4 Å². The zero-order chi connectivity index (χ0) is 13.2. The summed E-state index contributed by atoms with van der Waals surface area (Å²) in [6.45, 7) is 2.62. The van der Waals surface area contributed by atoms with Crippen LogP contribution in [0.2, 0.25) is 0 Å². The lowest BCUT2D eigenvalue weighted by molar-refractivity contribution is 0.469. The van der Waals surface area contributed by atoms with Gasteiger partial charge in [0, 0.05) is 17.8 Å². The van der Waals surface area contributed by atoms with Crippen LogP contribution in [0.15, 0.2) is 42.5 Å². The number of aryl methyl sites for hydroxylation is 1. The number of aromatic nitrogens is 1. The molecule has 1 aromatic heterocycles. The normalized spacial score (nSPS) is 10.8. The van der Waals surface area contributed by atoms with Gasteiger partial charge < -0.3 is 10.4 Å². The molecule has 0 saturated carbocycles. The summed E-state index contributed by atoms with van der Waals surface area (Å²) in [7, 11) is 0. The molecule has 3 nitrogen and oxygen atoms in total. The molecule has 3 aromatic rings. The molecular weight excluding hydrogens is 256 g/mol. The number of benzene rings is 2. The standard InChI is InChI=1S/C15H14N2OS/c1-10-17-13-7-6-12(8-15(13)19-10)16-9-11-4-2-3-5-14(11)18/h2-8,16,18H,9H2,1H3. The van der Waals surface area contributed by atoms with Crippen molar-refractivity contribution in [3.05, 3.63) is 53.0 Å². The van der Waals surface area contributed by atoms with E-state index in [1.807, 2.05) is 37.3 Å². The van der Waals surface area contributed by atoms with Crippen LogP contribution in [-0.4, -0.2) is 10.1 Å². The van der Waals surface area contributed by atoms with Crippen LogP contribution in [0.1, 0.15) is 10.6 Å². The van der Waals surface area contributed by atoms with Crippen molar-refractivity contribution in [2.24, 2.45) is 0 Å². The summed E-state index contributed by atoms with van der Waals surface area (Å²) in [5, 5.41) is 14.1. The first-order valence-corrected chi connectivity index (χ1v) is 6.92. The number of thiazole rings is 1. The zero-order valence-corrected chi connectivity index (χ0v) is 11.4. The van der Waals surface area contributed by atoms with Crippen LogP contribution >= 0.6 is 11.3 Å². The molecule has 0 aliphatic rings.